The van der Waals surface area contributed by atoms with Gasteiger partial charge < -0.3 is 14.8 Å². The van der Waals surface area contributed by atoms with Gasteiger partial charge in [0.15, 0.2) is 0 Å². The zero-order chi connectivity index (χ0) is 19.7. The van der Waals surface area contributed by atoms with E-state index in [1.54, 1.807) is 0 Å². The number of likely N-dealkylation sites (tertiary alicyclic amines) is 1. The second kappa shape index (κ2) is 8.25. The predicted octanol–water partition coefficient (Wildman–Crippen LogP) is 3.09. The van der Waals surface area contributed by atoms with E-state index in [4.69, 9.17) is 0 Å². The van der Waals surface area contributed by atoms with Crippen molar-refractivity contribution in [3.8, 4) is 0 Å². The number of rotatable bonds is 3. The molecule has 1 aromatic carbocycles. The van der Waals surface area contributed by atoms with Gasteiger partial charge in [-0.2, -0.15) is 0 Å². The van der Waals surface area contributed by atoms with Crippen LogP contribution in [0, 0.1) is 0 Å². The van der Waals surface area contributed by atoms with Gasteiger partial charge >= 0.3 is 0 Å². The highest BCUT2D eigenvalue weighted by molar-refractivity contribution is 9.10. The van der Waals surface area contributed by atoms with Gasteiger partial charge in [-0.15, -0.1) is 0 Å². The Balaban J connectivity index is 1.36. The Labute approximate surface area is 174 Å². The van der Waals surface area contributed by atoms with Crippen LogP contribution in [0.1, 0.15) is 36.7 Å². The number of carbonyl (C=O) groups excluding carboxylic acids is 2. The van der Waals surface area contributed by atoms with Gasteiger partial charge in [0.05, 0.1) is 6.04 Å². The van der Waals surface area contributed by atoms with Crippen molar-refractivity contribution in [1.29, 1.82) is 0 Å². The zero-order valence-corrected chi connectivity index (χ0v) is 17.9. The molecule has 2 aromatic rings. The highest BCUT2D eigenvalue weighted by Crippen LogP contribution is 2.22. The quantitative estimate of drug-likeness (QED) is 0.787. The zero-order valence-electron chi connectivity index (χ0n) is 16.3. The molecule has 2 saturated heterocycles. The molecule has 1 unspecified atom stereocenters. The number of hydrogen-bond acceptors (Lipinski definition) is 3. The third-order valence-electron chi connectivity index (χ3n) is 5.99. The van der Waals surface area contributed by atoms with E-state index in [2.05, 4.69) is 25.8 Å². The second-order valence-corrected chi connectivity index (χ2v) is 8.72. The molecule has 0 spiro atoms. The summed E-state index contributed by atoms with van der Waals surface area (Å²) in [6.45, 7) is 6.54. The van der Waals surface area contributed by atoms with E-state index >= 15 is 0 Å². The van der Waals surface area contributed by atoms with E-state index in [1.165, 1.54) is 6.42 Å². The fraction of sp³-hybridized carbons (Fsp3) is 0.524. The Morgan fingerprint density at radius 2 is 1.68 bits per heavy atom. The number of aromatic nitrogens is 1. The molecule has 3 heterocycles. The van der Waals surface area contributed by atoms with E-state index in [9.17, 15) is 9.59 Å². The van der Waals surface area contributed by atoms with E-state index < -0.39 is 0 Å². The largest absolute Gasteiger partial charge is 0.350 e. The van der Waals surface area contributed by atoms with Crippen LogP contribution in [0.15, 0.2) is 28.7 Å². The van der Waals surface area contributed by atoms with Crippen LogP contribution in [0.5, 0.6) is 0 Å². The lowest BCUT2D eigenvalue weighted by Crippen LogP contribution is -2.56. The van der Waals surface area contributed by atoms with E-state index in [-0.39, 0.29) is 17.9 Å². The molecule has 7 heteroatoms. The summed E-state index contributed by atoms with van der Waals surface area (Å²) in [5, 5.41) is 1.03. The number of amides is 2. The molecule has 2 amide bonds. The predicted molar refractivity (Wildman–Crippen MR) is 113 cm³/mol. The van der Waals surface area contributed by atoms with Crippen LogP contribution in [0.3, 0.4) is 0 Å². The first-order chi connectivity index (χ1) is 13.5. The average molecular weight is 447 g/mol. The van der Waals surface area contributed by atoms with Crippen molar-refractivity contribution < 1.29 is 9.59 Å². The highest BCUT2D eigenvalue weighted by atomic mass is 79.9. The van der Waals surface area contributed by atoms with Crippen molar-refractivity contribution in [3.05, 3.63) is 34.4 Å². The maximum absolute atomic E-state index is 12.9. The van der Waals surface area contributed by atoms with Gasteiger partial charge in [-0.3, -0.25) is 14.5 Å². The van der Waals surface area contributed by atoms with Crippen molar-refractivity contribution in [2.45, 2.75) is 32.2 Å². The minimum absolute atomic E-state index is 0.0296. The number of fused-ring (bicyclic) bond motifs is 1. The molecular formula is C21H27BrN4O2. The fourth-order valence-corrected chi connectivity index (χ4v) is 4.59. The number of carbonyl (C=O) groups is 2. The van der Waals surface area contributed by atoms with Gasteiger partial charge in [-0.25, -0.2) is 0 Å². The van der Waals surface area contributed by atoms with Crippen LogP contribution in [-0.4, -0.2) is 76.8 Å². The van der Waals surface area contributed by atoms with Crippen LogP contribution >= 0.6 is 15.9 Å². The molecule has 1 N–H and O–H groups in total. The summed E-state index contributed by atoms with van der Waals surface area (Å²) in [6, 6.07) is 7.76. The van der Waals surface area contributed by atoms with Crippen LogP contribution in [0.2, 0.25) is 0 Å². The second-order valence-electron chi connectivity index (χ2n) is 7.80. The third-order valence-corrected chi connectivity index (χ3v) is 6.48. The molecular weight excluding hydrogens is 420 g/mol. The molecule has 2 aliphatic heterocycles. The van der Waals surface area contributed by atoms with Crippen molar-refractivity contribution in [1.82, 2.24) is 19.7 Å². The first kappa shape index (κ1) is 19.5. The molecule has 2 aliphatic rings. The standard InChI is InChI=1S/C21H27BrN4O2/c1-15(20(27)25-7-3-2-4-8-25)24-9-11-26(12-10-24)21(28)19-13-16-5-6-17(22)14-18(16)23-19/h5-6,13-15,23H,2-4,7-12H2,1H3. The first-order valence-electron chi connectivity index (χ1n) is 10.1. The highest BCUT2D eigenvalue weighted by Gasteiger charge is 2.31. The number of nitrogens with zero attached hydrogens (tertiary/aromatic N) is 3. The molecule has 1 aromatic heterocycles. The number of nitrogens with one attached hydrogen (secondary N) is 1. The number of aromatic amines is 1. The lowest BCUT2D eigenvalue weighted by molar-refractivity contribution is -0.137. The van der Waals surface area contributed by atoms with E-state index in [0.717, 1.165) is 54.4 Å². The maximum Gasteiger partial charge on any atom is 0.270 e. The number of H-pyrrole nitrogens is 1. The summed E-state index contributed by atoms with van der Waals surface area (Å²) in [5.74, 6) is 0.266. The normalized spacial score (nSPS) is 19.8. The van der Waals surface area contributed by atoms with Gasteiger partial charge in [0.1, 0.15) is 5.69 Å². The molecule has 0 bridgehead atoms. The van der Waals surface area contributed by atoms with Crippen LogP contribution in [-0.2, 0) is 4.79 Å². The molecule has 0 saturated carbocycles. The molecule has 1 atom stereocenters. The lowest BCUT2D eigenvalue weighted by Gasteiger charge is -2.39. The van der Waals surface area contributed by atoms with Gasteiger partial charge in [0.25, 0.3) is 5.91 Å². The Hall–Kier alpha value is -1.86. The van der Waals surface area contributed by atoms with Crippen LogP contribution in [0.4, 0.5) is 0 Å². The Kier molecular flexibility index (Phi) is 5.73. The maximum atomic E-state index is 12.9. The number of halogens is 1. The SMILES string of the molecule is CC(C(=O)N1CCCCC1)N1CCN(C(=O)c2cc3ccc(Br)cc3[nH]2)CC1. The first-order valence-corrected chi connectivity index (χ1v) is 10.9. The van der Waals surface area contributed by atoms with Crippen molar-refractivity contribution in [3.63, 3.8) is 0 Å². The summed E-state index contributed by atoms with van der Waals surface area (Å²) in [4.78, 5) is 35.0. The third kappa shape index (κ3) is 3.96. The lowest BCUT2D eigenvalue weighted by atomic mass is 10.1. The van der Waals surface area contributed by atoms with Gasteiger partial charge in [-0.05, 0) is 44.4 Å². The number of hydrogen-bond donors (Lipinski definition) is 1. The number of benzene rings is 1. The molecule has 6 nitrogen and oxygen atoms in total. The Morgan fingerprint density at radius 3 is 2.39 bits per heavy atom. The molecule has 0 radical (unpaired) electrons. The number of piperidine rings is 1. The molecule has 4 rings (SSSR count). The van der Waals surface area contributed by atoms with E-state index in [0.29, 0.717) is 18.8 Å². The van der Waals surface area contributed by atoms with Crippen LogP contribution in [0.25, 0.3) is 10.9 Å². The van der Waals surface area contributed by atoms with Gasteiger partial charge in [0, 0.05) is 54.6 Å². The van der Waals surface area contributed by atoms with Crippen molar-refractivity contribution in [2.75, 3.05) is 39.3 Å². The van der Waals surface area contributed by atoms with Crippen molar-refractivity contribution in [2.24, 2.45) is 0 Å². The summed E-state index contributed by atoms with van der Waals surface area (Å²) in [6.07, 6.45) is 3.45. The summed E-state index contributed by atoms with van der Waals surface area (Å²) < 4.78 is 0.988. The molecule has 150 valence electrons. The Morgan fingerprint density at radius 1 is 0.964 bits per heavy atom. The molecule has 2 fully saturated rings. The van der Waals surface area contributed by atoms with Crippen molar-refractivity contribution >= 4 is 38.6 Å². The fourth-order valence-electron chi connectivity index (χ4n) is 4.23. The molecule has 28 heavy (non-hydrogen) atoms. The average Bonchev–Trinajstić information content (AvgIpc) is 3.16. The minimum atomic E-state index is -0.110. The van der Waals surface area contributed by atoms with Gasteiger partial charge in [-0.1, -0.05) is 22.0 Å². The molecule has 0 aliphatic carbocycles. The van der Waals surface area contributed by atoms with E-state index in [1.807, 2.05) is 41.0 Å². The topological polar surface area (TPSA) is 59.7 Å². The monoisotopic (exact) mass is 446 g/mol. The smallest absolute Gasteiger partial charge is 0.270 e. The van der Waals surface area contributed by atoms with Gasteiger partial charge in [0.2, 0.25) is 5.91 Å². The summed E-state index contributed by atoms with van der Waals surface area (Å²) >= 11 is 3.46. The van der Waals surface area contributed by atoms with Crippen LogP contribution < -0.4 is 0 Å². The number of piperazine rings is 1. The minimum Gasteiger partial charge on any atom is -0.350 e. The summed E-state index contributed by atoms with van der Waals surface area (Å²) in [7, 11) is 0. The Bertz CT molecular complexity index is 866. The summed E-state index contributed by atoms with van der Waals surface area (Å²) in [5.41, 5.74) is 1.58.